The quantitative estimate of drug-likeness (QED) is 0.335. The molecule has 2 unspecified atom stereocenters. The highest BCUT2D eigenvalue weighted by Crippen LogP contribution is 2.17. The van der Waals surface area contributed by atoms with Gasteiger partial charge in [0.05, 0.1) is 7.11 Å². The van der Waals surface area contributed by atoms with Crippen molar-refractivity contribution in [3.8, 4) is 0 Å². The van der Waals surface area contributed by atoms with Gasteiger partial charge in [-0.15, -0.1) is 23.2 Å². The normalized spacial score (nSPS) is 14.4. The fraction of sp³-hybridized carbons (Fsp3) is 0.923. The minimum Gasteiger partial charge on any atom is -0.469 e. The van der Waals surface area contributed by atoms with Crippen molar-refractivity contribution in [1.82, 2.24) is 0 Å². The highest BCUT2D eigenvalue weighted by Gasteiger charge is 2.08. The van der Waals surface area contributed by atoms with Crippen molar-refractivity contribution in [3.05, 3.63) is 0 Å². The summed E-state index contributed by atoms with van der Waals surface area (Å²) < 4.78 is 4.57. The Morgan fingerprint density at radius 2 is 1.65 bits per heavy atom. The molecule has 0 aliphatic rings. The molecule has 0 radical (unpaired) electrons. The van der Waals surface area contributed by atoms with Crippen molar-refractivity contribution in [2.75, 3.05) is 7.11 Å². The first-order valence-corrected chi connectivity index (χ1v) is 7.32. The van der Waals surface area contributed by atoms with Crippen LogP contribution in [0.15, 0.2) is 0 Å². The zero-order valence-electron chi connectivity index (χ0n) is 10.9. The van der Waals surface area contributed by atoms with E-state index in [1.807, 2.05) is 0 Å². The summed E-state index contributed by atoms with van der Waals surface area (Å²) in [5.41, 5.74) is 0. The largest absolute Gasteiger partial charge is 0.469 e. The van der Waals surface area contributed by atoms with E-state index in [1.54, 1.807) is 0 Å². The van der Waals surface area contributed by atoms with Gasteiger partial charge in [0.25, 0.3) is 0 Å². The number of ether oxygens (including phenoxy) is 1. The third-order valence-corrected chi connectivity index (χ3v) is 3.83. The van der Waals surface area contributed by atoms with Gasteiger partial charge >= 0.3 is 5.97 Å². The number of halogens is 2. The SMILES string of the molecule is CCC(Cl)CCCCCC(Cl)CCC(=O)OC. The molecule has 102 valence electrons. The Morgan fingerprint density at radius 3 is 2.18 bits per heavy atom. The van der Waals surface area contributed by atoms with Gasteiger partial charge in [-0.1, -0.05) is 26.2 Å². The van der Waals surface area contributed by atoms with Crippen molar-refractivity contribution < 1.29 is 9.53 Å². The van der Waals surface area contributed by atoms with Crippen LogP contribution < -0.4 is 0 Å². The number of hydrogen-bond donors (Lipinski definition) is 0. The summed E-state index contributed by atoms with van der Waals surface area (Å²) in [5.74, 6) is -0.177. The van der Waals surface area contributed by atoms with Gasteiger partial charge in [0.2, 0.25) is 0 Å². The average Bonchev–Trinajstić information content (AvgIpc) is 2.34. The second-order valence-corrected chi connectivity index (χ2v) is 5.59. The minimum absolute atomic E-state index is 0.0899. The molecule has 0 saturated heterocycles. The van der Waals surface area contributed by atoms with Gasteiger partial charge in [-0.25, -0.2) is 0 Å². The molecule has 0 spiro atoms. The van der Waals surface area contributed by atoms with Gasteiger partial charge in [0.1, 0.15) is 0 Å². The molecule has 0 aliphatic carbocycles. The molecule has 17 heavy (non-hydrogen) atoms. The predicted octanol–water partition coefficient (Wildman–Crippen LogP) is 4.51. The van der Waals surface area contributed by atoms with Crippen molar-refractivity contribution in [2.45, 2.75) is 69.0 Å². The third-order valence-electron chi connectivity index (χ3n) is 2.87. The molecule has 2 nitrogen and oxygen atoms in total. The first-order chi connectivity index (χ1) is 8.10. The van der Waals surface area contributed by atoms with Crippen LogP contribution in [-0.2, 0) is 9.53 Å². The van der Waals surface area contributed by atoms with Gasteiger partial charge in [-0.3, -0.25) is 4.79 Å². The van der Waals surface area contributed by atoms with E-state index in [2.05, 4.69) is 11.7 Å². The number of carbonyl (C=O) groups excluding carboxylic acids is 1. The van der Waals surface area contributed by atoms with Gasteiger partial charge in [0, 0.05) is 17.2 Å². The summed E-state index contributed by atoms with van der Waals surface area (Å²) in [6, 6.07) is 0. The lowest BCUT2D eigenvalue weighted by molar-refractivity contribution is -0.140. The van der Waals surface area contributed by atoms with Crippen LogP contribution in [0.2, 0.25) is 0 Å². The summed E-state index contributed by atoms with van der Waals surface area (Å²) in [7, 11) is 1.40. The van der Waals surface area contributed by atoms with Crippen LogP contribution in [0.4, 0.5) is 0 Å². The molecule has 4 heteroatoms. The monoisotopic (exact) mass is 282 g/mol. The van der Waals surface area contributed by atoms with E-state index in [0.29, 0.717) is 18.2 Å². The first-order valence-electron chi connectivity index (χ1n) is 6.45. The zero-order valence-corrected chi connectivity index (χ0v) is 12.4. The van der Waals surface area contributed by atoms with E-state index in [1.165, 1.54) is 20.0 Å². The Kier molecular flexibility index (Phi) is 11.2. The molecule has 0 bridgehead atoms. The number of methoxy groups -OCH3 is 1. The third kappa shape index (κ3) is 10.9. The molecular weight excluding hydrogens is 259 g/mol. The van der Waals surface area contributed by atoms with Gasteiger partial charge in [0.15, 0.2) is 0 Å². The maximum absolute atomic E-state index is 10.9. The summed E-state index contributed by atoms with van der Waals surface area (Å²) in [4.78, 5) is 10.9. The molecule has 0 saturated carbocycles. The Labute approximate surface area is 115 Å². The summed E-state index contributed by atoms with van der Waals surface area (Å²) >= 11 is 12.1. The van der Waals surface area contributed by atoms with Crippen molar-refractivity contribution in [2.24, 2.45) is 0 Å². The number of alkyl halides is 2. The van der Waals surface area contributed by atoms with Crippen molar-refractivity contribution in [1.29, 1.82) is 0 Å². The van der Waals surface area contributed by atoms with E-state index in [9.17, 15) is 4.79 Å². The molecule has 0 rings (SSSR count). The molecule has 2 atom stereocenters. The summed E-state index contributed by atoms with van der Waals surface area (Å²) in [5, 5.41) is 0.410. The van der Waals surface area contributed by atoms with Crippen molar-refractivity contribution in [3.63, 3.8) is 0 Å². The molecule has 0 aromatic rings. The van der Waals surface area contributed by atoms with Crippen LogP contribution in [0.5, 0.6) is 0 Å². The highest BCUT2D eigenvalue weighted by molar-refractivity contribution is 6.20. The maximum Gasteiger partial charge on any atom is 0.305 e. The molecule has 0 aromatic carbocycles. The van der Waals surface area contributed by atoms with Crippen LogP contribution >= 0.6 is 23.2 Å². The lowest BCUT2D eigenvalue weighted by Crippen LogP contribution is -2.06. The van der Waals surface area contributed by atoms with Gasteiger partial charge in [-0.2, -0.15) is 0 Å². The van der Waals surface area contributed by atoms with Crippen LogP contribution in [-0.4, -0.2) is 23.8 Å². The van der Waals surface area contributed by atoms with Gasteiger partial charge in [-0.05, 0) is 25.7 Å². The number of esters is 1. The molecule has 0 amide bonds. The second-order valence-electron chi connectivity index (χ2n) is 4.36. The Morgan fingerprint density at radius 1 is 1.06 bits per heavy atom. The van der Waals surface area contributed by atoms with Crippen LogP contribution in [0.3, 0.4) is 0 Å². The van der Waals surface area contributed by atoms with Crippen LogP contribution in [0.25, 0.3) is 0 Å². The van der Waals surface area contributed by atoms with E-state index < -0.39 is 0 Å². The van der Waals surface area contributed by atoms with Crippen LogP contribution in [0, 0.1) is 0 Å². The van der Waals surface area contributed by atoms with E-state index in [0.717, 1.165) is 25.7 Å². The fourth-order valence-corrected chi connectivity index (χ4v) is 2.05. The summed E-state index contributed by atoms with van der Waals surface area (Å²) in [6.45, 7) is 2.11. The Bertz CT molecular complexity index is 198. The number of hydrogen-bond acceptors (Lipinski definition) is 2. The first kappa shape index (κ1) is 17.1. The molecule has 0 aromatic heterocycles. The Hall–Kier alpha value is 0.0500. The predicted molar refractivity (Wildman–Crippen MR) is 73.9 cm³/mol. The molecular formula is C13H24Cl2O2. The highest BCUT2D eigenvalue weighted by atomic mass is 35.5. The maximum atomic E-state index is 10.9. The fourth-order valence-electron chi connectivity index (χ4n) is 1.63. The number of unbranched alkanes of at least 4 members (excludes halogenated alkanes) is 2. The lowest BCUT2D eigenvalue weighted by Gasteiger charge is -2.09. The smallest absolute Gasteiger partial charge is 0.305 e. The zero-order chi connectivity index (χ0) is 13.1. The number of carbonyl (C=O) groups is 1. The standard InChI is InChI=1S/C13H24Cl2O2/c1-3-11(14)7-5-4-6-8-12(15)9-10-13(16)17-2/h11-12H,3-10H2,1-2H3. The number of rotatable bonds is 10. The topological polar surface area (TPSA) is 26.3 Å². The molecule has 0 heterocycles. The Balaban J connectivity index is 3.33. The summed E-state index contributed by atoms with van der Waals surface area (Å²) in [6.07, 6.45) is 7.69. The van der Waals surface area contributed by atoms with Crippen LogP contribution in [0.1, 0.15) is 58.3 Å². The minimum atomic E-state index is -0.177. The van der Waals surface area contributed by atoms with Gasteiger partial charge < -0.3 is 4.74 Å². The molecule has 0 aliphatic heterocycles. The lowest BCUT2D eigenvalue weighted by atomic mass is 10.1. The molecule has 0 fully saturated rings. The average molecular weight is 283 g/mol. The van der Waals surface area contributed by atoms with E-state index in [-0.39, 0.29) is 11.3 Å². The molecule has 0 N–H and O–H groups in total. The van der Waals surface area contributed by atoms with E-state index >= 15 is 0 Å². The van der Waals surface area contributed by atoms with Crippen molar-refractivity contribution >= 4 is 29.2 Å². The second kappa shape index (κ2) is 11.2. The van der Waals surface area contributed by atoms with E-state index in [4.69, 9.17) is 23.2 Å².